The van der Waals surface area contributed by atoms with Crippen LogP contribution in [-0.2, 0) is 6.42 Å². The second-order valence-electron chi connectivity index (χ2n) is 4.45. The Kier molecular flexibility index (Phi) is 2.54. The summed E-state index contributed by atoms with van der Waals surface area (Å²) in [5.41, 5.74) is 0.194. The lowest BCUT2D eigenvalue weighted by Gasteiger charge is -2.14. The quantitative estimate of drug-likeness (QED) is 0.827. The molecule has 1 aromatic rings. The molecule has 0 unspecified atom stereocenters. The summed E-state index contributed by atoms with van der Waals surface area (Å²) in [6.45, 7) is 1.68. The monoisotopic (exact) mass is 226 g/mol. The van der Waals surface area contributed by atoms with Gasteiger partial charge in [0, 0.05) is 6.42 Å². The first-order valence-corrected chi connectivity index (χ1v) is 5.24. The summed E-state index contributed by atoms with van der Waals surface area (Å²) in [5, 5.41) is 19.3. The maximum absolute atomic E-state index is 13.9. The van der Waals surface area contributed by atoms with Crippen molar-refractivity contribution in [2.24, 2.45) is 0 Å². The number of aliphatic hydroxyl groups is 1. The van der Waals surface area contributed by atoms with E-state index in [1.807, 2.05) is 0 Å². The smallest absolute Gasteiger partial charge is 0.197 e. The molecule has 2 N–H and O–H groups in total. The summed E-state index contributed by atoms with van der Waals surface area (Å²) in [5.74, 6) is -0.892. The zero-order valence-corrected chi connectivity index (χ0v) is 9.38. The molecule has 16 heavy (non-hydrogen) atoms. The fourth-order valence-corrected chi connectivity index (χ4v) is 1.81. The van der Waals surface area contributed by atoms with Crippen LogP contribution < -0.4 is 4.74 Å². The summed E-state index contributed by atoms with van der Waals surface area (Å²) >= 11 is 0. The first kappa shape index (κ1) is 11.2. The van der Waals surface area contributed by atoms with Crippen LogP contribution in [0.4, 0.5) is 4.39 Å². The number of phenols is 1. The number of hydrogen-bond acceptors (Lipinski definition) is 3. The molecule has 0 atom stereocenters. The van der Waals surface area contributed by atoms with E-state index in [2.05, 4.69) is 0 Å². The van der Waals surface area contributed by atoms with Crippen LogP contribution in [0.5, 0.6) is 11.5 Å². The molecule has 4 heteroatoms. The molecule has 1 saturated carbocycles. The molecule has 0 radical (unpaired) electrons. The van der Waals surface area contributed by atoms with Crippen LogP contribution in [0.2, 0.25) is 0 Å². The lowest BCUT2D eigenvalue weighted by molar-refractivity contribution is 0.149. The van der Waals surface area contributed by atoms with Crippen LogP contribution in [0.1, 0.15) is 24.0 Å². The molecular formula is C12H15FO3. The number of ether oxygens (including phenoxy) is 1. The highest BCUT2D eigenvalue weighted by atomic mass is 19.1. The van der Waals surface area contributed by atoms with Gasteiger partial charge in [0.25, 0.3) is 0 Å². The number of hydrogen-bond donors (Lipinski definition) is 2. The van der Waals surface area contributed by atoms with E-state index >= 15 is 0 Å². The Balaban J connectivity index is 2.41. The maximum atomic E-state index is 13.9. The van der Waals surface area contributed by atoms with Gasteiger partial charge in [-0.2, -0.15) is 0 Å². The number of benzene rings is 1. The van der Waals surface area contributed by atoms with Crippen LogP contribution in [0, 0.1) is 12.7 Å². The minimum atomic E-state index is -0.755. The molecule has 1 fully saturated rings. The van der Waals surface area contributed by atoms with Gasteiger partial charge >= 0.3 is 0 Å². The molecule has 0 amide bonds. The minimum absolute atomic E-state index is 0.140. The molecular weight excluding hydrogens is 211 g/mol. The first-order chi connectivity index (χ1) is 7.47. The van der Waals surface area contributed by atoms with Crippen molar-refractivity contribution in [3.63, 3.8) is 0 Å². The Morgan fingerprint density at radius 3 is 2.62 bits per heavy atom. The van der Waals surface area contributed by atoms with Crippen molar-refractivity contribution in [1.82, 2.24) is 0 Å². The molecule has 88 valence electrons. The van der Waals surface area contributed by atoms with Gasteiger partial charge in [-0.25, -0.2) is 4.39 Å². The minimum Gasteiger partial charge on any atom is -0.504 e. The van der Waals surface area contributed by atoms with Gasteiger partial charge in [-0.05, 0) is 37.0 Å². The van der Waals surface area contributed by atoms with E-state index in [1.165, 1.54) is 7.11 Å². The van der Waals surface area contributed by atoms with E-state index in [1.54, 1.807) is 13.0 Å². The largest absolute Gasteiger partial charge is 0.504 e. The molecule has 0 saturated heterocycles. The van der Waals surface area contributed by atoms with E-state index in [9.17, 15) is 14.6 Å². The Labute approximate surface area is 93.5 Å². The molecule has 0 aromatic heterocycles. The number of methoxy groups -OCH3 is 1. The summed E-state index contributed by atoms with van der Waals surface area (Å²) < 4.78 is 18.7. The molecule has 1 aliphatic rings. The van der Waals surface area contributed by atoms with Gasteiger partial charge in [0.15, 0.2) is 17.3 Å². The van der Waals surface area contributed by atoms with Crippen LogP contribution >= 0.6 is 0 Å². The highest BCUT2D eigenvalue weighted by molar-refractivity contribution is 5.49. The number of halogens is 1. The summed E-state index contributed by atoms with van der Waals surface area (Å²) in [4.78, 5) is 0. The van der Waals surface area contributed by atoms with Crippen molar-refractivity contribution in [3.8, 4) is 11.5 Å². The second kappa shape index (κ2) is 3.63. The van der Waals surface area contributed by atoms with Crippen LogP contribution in [-0.4, -0.2) is 22.9 Å². The summed E-state index contributed by atoms with van der Waals surface area (Å²) in [6, 6.07) is 1.56. The van der Waals surface area contributed by atoms with Gasteiger partial charge in [0.2, 0.25) is 0 Å². The molecule has 2 rings (SSSR count). The molecule has 3 nitrogen and oxygen atoms in total. The van der Waals surface area contributed by atoms with Gasteiger partial charge in [-0.1, -0.05) is 0 Å². The molecule has 0 spiro atoms. The number of phenolic OH excluding ortho intramolecular Hbond substituents is 1. The lowest BCUT2D eigenvalue weighted by atomic mass is 10.0. The third-order valence-electron chi connectivity index (χ3n) is 3.01. The standard InChI is InChI=1S/C12H15FO3/c1-7-5-8(6-12(15)3-4-12)9(13)11(16-2)10(7)14/h5,14-15H,3-4,6H2,1-2H3. The normalized spacial score (nSPS) is 17.2. The Morgan fingerprint density at radius 2 is 2.12 bits per heavy atom. The zero-order valence-electron chi connectivity index (χ0n) is 9.38. The average molecular weight is 226 g/mol. The van der Waals surface area contributed by atoms with Crippen molar-refractivity contribution in [1.29, 1.82) is 0 Å². The van der Waals surface area contributed by atoms with Crippen molar-refractivity contribution >= 4 is 0 Å². The van der Waals surface area contributed by atoms with Gasteiger partial charge in [0.05, 0.1) is 12.7 Å². The van der Waals surface area contributed by atoms with Crippen molar-refractivity contribution in [2.45, 2.75) is 31.8 Å². The predicted molar refractivity (Wildman–Crippen MR) is 57.2 cm³/mol. The van der Waals surface area contributed by atoms with Gasteiger partial charge in [-0.15, -0.1) is 0 Å². The Bertz CT molecular complexity index is 425. The van der Waals surface area contributed by atoms with Crippen molar-refractivity contribution < 1.29 is 19.3 Å². The third kappa shape index (κ3) is 1.85. The molecule has 1 aliphatic carbocycles. The van der Waals surface area contributed by atoms with Crippen molar-refractivity contribution in [3.05, 3.63) is 23.0 Å². The van der Waals surface area contributed by atoms with Crippen LogP contribution in [0.15, 0.2) is 6.07 Å². The average Bonchev–Trinajstić information content (AvgIpc) is 2.94. The van der Waals surface area contributed by atoms with E-state index < -0.39 is 11.4 Å². The Hall–Kier alpha value is -1.29. The van der Waals surface area contributed by atoms with E-state index in [4.69, 9.17) is 4.74 Å². The fourth-order valence-electron chi connectivity index (χ4n) is 1.81. The Morgan fingerprint density at radius 1 is 1.50 bits per heavy atom. The van der Waals surface area contributed by atoms with Crippen LogP contribution in [0.25, 0.3) is 0 Å². The van der Waals surface area contributed by atoms with E-state index in [-0.39, 0.29) is 17.9 Å². The summed E-state index contributed by atoms with van der Waals surface area (Å²) in [6.07, 6.45) is 1.68. The number of aromatic hydroxyl groups is 1. The highest BCUT2D eigenvalue weighted by Crippen LogP contribution is 2.42. The topological polar surface area (TPSA) is 49.7 Å². The SMILES string of the molecule is COc1c(O)c(C)cc(CC2(O)CC2)c1F. The summed E-state index contributed by atoms with van der Waals surface area (Å²) in [7, 11) is 1.31. The van der Waals surface area contributed by atoms with Gasteiger partial charge < -0.3 is 14.9 Å². The zero-order chi connectivity index (χ0) is 11.9. The fraction of sp³-hybridized carbons (Fsp3) is 0.500. The third-order valence-corrected chi connectivity index (χ3v) is 3.01. The second-order valence-corrected chi connectivity index (χ2v) is 4.45. The van der Waals surface area contributed by atoms with E-state index in [0.717, 1.165) is 0 Å². The van der Waals surface area contributed by atoms with E-state index in [0.29, 0.717) is 24.0 Å². The molecule has 1 aromatic carbocycles. The predicted octanol–water partition coefficient (Wildman–Crippen LogP) is 1.92. The highest BCUT2D eigenvalue weighted by Gasteiger charge is 2.41. The lowest BCUT2D eigenvalue weighted by Crippen LogP contribution is -2.12. The van der Waals surface area contributed by atoms with Gasteiger partial charge in [-0.3, -0.25) is 0 Å². The number of aryl methyl sites for hydroxylation is 1. The molecule has 0 aliphatic heterocycles. The van der Waals surface area contributed by atoms with Crippen LogP contribution in [0.3, 0.4) is 0 Å². The van der Waals surface area contributed by atoms with Crippen molar-refractivity contribution in [2.75, 3.05) is 7.11 Å². The maximum Gasteiger partial charge on any atom is 0.197 e. The van der Waals surface area contributed by atoms with Gasteiger partial charge in [0.1, 0.15) is 0 Å². The number of rotatable bonds is 3. The first-order valence-electron chi connectivity index (χ1n) is 5.24. The molecule has 0 heterocycles. The molecule has 0 bridgehead atoms.